The Balaban J connectivity index is 3.21. The largest absolute Gasteiger partial charge is 0.481 e. The summed E-state index contributed by atoms with van der Waals surface area (Å²) in [7, 11) is 0. The number of carboxylic acids is 1. The van der Waals surface area contributed by atoms with E-state index in [-0.39, 0.29) is 6.42 Å². The van der Waals surface area contributed by atoms with Crippen LogP contribution in [0.25, 0.3) is 0 Å². The van der Waals surface area contributed by atoms with E-state index in [0.29, 0.717) is 4.83 Å². The molecular formula is C7H13BrO2. The highest BCUT2D eigenvalue weighted by atomic mass is 79.9. The molecule has 0 aromatic rings. The molecule has 60 valence electrons. The maximum Gasteiger partial charge on any atom is 0.303 e. The third-order valence-electron chi connectivity index (χ3n) is 1.27. The number of hydrogen-bond acceptors (Lipinski definition) is 1. The molecule has 0 spiro atoms. The lowest BCUT2D eigenvalue weighted by molar-refractivity contribution is -0.137. The highest BCUT2D eigenvalue weighted by molar-refractivity contribution is 9.09. The van der Waals surface area contributed by atoms with Crippen molar-refractivity contribution in [2.75, 3.05) is 0 Å². The van der Waals surface area contributed by atoms with Crippen molar-refractivity contribution < 1.29 is 9.90 Å². The second-order valence-corrected chi connectivity index (χ2v) is 3.61. The van der Waals surface area contributed by atoms with E-state index in [2.05, 4.69) is 22.9 Å². The molecule has 0 saturated heterocycles. The molecule has 2 nitrogen and oxygen atoms in total. The van der Waals surface area contributed by atoms with Crippen LogP contribution in [0.2, 0.25) is 0 Å². The summed E-state index contributed by atoms with van der Waals surface area (Å²) in [5, 5.41) is 8.31. The van der Waals surface area contributed by atoms with Gasteiger partial charge in [0.05, 0.1) is 0 Å². The minimum atomic E-state index is -0.708. The first-order valence-electron chi connectivity index (χ1n) is 3.52. The fourth-order valence-electron chi connectivity index (χ4n) is 0.738. The molecule has 0 aliphatic rings. The molecule has 0 saturated carbocycles. The second-order valence-electron chi connectivity index (χ2n) is 2.32. The lowest BCUT2D eigenvalue weighted by Crippen LogP contribution is -2.02. The highest BCUT2D eigenvalue weighted by Crippen LogP contribution is 2.13. The third-order valence-corrected chi connectivity index (χ3v) is 2.19. The Kier molecular flexibility index (Phi) is 5.69. The summed E-state index contributed by atoms with van der Waals surface area (Å²) in [6.45, 7) is 2.09. The molecule has 0 bridgehead atoms. The van der Waals surface area contributed by atoms with Gasteiger partial charge in [-0.05, 0) is 12.8 Å². The van der Waals surface area contributed by atoms with Gasteiger partial charge in [-0.15, -0.1) is 0 Å². The molecule has 0 fully saturated rings. The van der Waals surface area contributed by atoms with Gasteiger partial charge in [0, 0.05) is 11.2 Å². The van der Waals surface area contributed by atoms with Crippen molar-refractivity contribution in [2.45, 2.75) is 37.4 Å². The zero-order chi connectivity index (χ0) is 7.98. The summed E-state index contributed by atoms with van der Waals surface area (Å²) in [4.78, 5) is 10.5. The van der Waals surface area contributed by atoms with E-state index in [1.165, 1.54) is 0 Å². The van der Waals surface area contributed by atoms with Gasteiger partial charge in [0.1, 0.15) is 0 Å². The number of halogens is 1. The van der Waals surface area contributed by atoms with Gasteiger partial charge in [0.15, 0.2) is 0 Å². The Labute approximate surface area is 69.8 Å². The Morgan fingerprint density at radius 3 is 2.60 bits per heavy atom. The molecule has 0 rings (SSSR count). The Morgan fingerprint density at radius 2 is 2.20 bits per heavy atom. The molecule has 10 heavy (non-hydrogen) atoms. The molecule has 1 N–H and O–H groups in total. The Hall–Kier alpha value is -0.0500. The summed E-state index contributed by atoms with van der Waals surface area (Å²) >= 11 is 3.40. The average Bonchev–Trinajstić information content (AvgIpc) is 1.85. The molecule has 0 aromatic heterocycles. The first-order valence-corrected chi connectivity index (χ1v) is 4.44. The lowest BCUT2D eigenvalue weighted by atomic mass is 10.1. The fraction of sp³-hybridized carbons (Fsp3) is 0.857. The number of aliphatic carboxylic acids is 1. The standard InChI is InChI=1S/C7H13BrO2/c1-2-3-6(8)4-5-7(9)10/h6H,2-5H2,1H3,(H,9,10). The van der Waals surface area contributed by atoms with Crippen molar-refractivity contribution in [3.05, 3.63) is 0 Å². The van der Waals surface area contributed by atoms with E-state index in [0.717, 1.165) is 19.3 Å². The van der Waals surface area contributed by atoms with Gasteiger partial charge in [0.2, 0.25) is 0 Å². The van der Waals surface area contributed by atoms with Crippen molar-refractivity contribution in [1.29, 1.82) is 0 Å². The molecule has 0 amide bonds. The molecule has 1 unspecified atom stereocenters. The maximum atomic E-state index is 10.1. The van der Waals surface area contributed by atoms with Crippen LogP contribution in [0.3, 0.4) is 0 Å². The first kappa shape index (κ1) is 9.95. The van der Waals surface area contributed by atoms with Gasteiger partial charge in [-0.1, -0.05) is 29.3 Å². The molecule has 0 radical (unpaired) electrons. The van der Waals surface area contributed by atoms with Crippen molar-refractivity contribution in [3.8, 4) is 0 Å². The van der Waals surface area contributed by atoms with Crippen LogP contribution in [0.15, 0.2) is 0 Å². The van der Waals surface area contributed by atoms with Crippen LogP contribution < -0.4 is 0 Å². The van der Waals surface area contributed by atoms with Crippen LogP contribution in [0.1, 0.15) is 32.6 Å². The van der Waals surface area contributed by atoms with Crippen molar-refractivity contribution in [3.63, 3.8) is 0 Å². The van der Waals surface area contributed by atoms with Crippen molar-refractivity contribution in [2.24, 2.45) is 0 Å². The summed E-state index contributed by atoms with van der Waals surface area (Å²) in [5.74, 6) is -0.708. The van der Waals surface area contributed by atoms with Crippen LogP contribution in [0.5, 0.6) is 0 Å². The van der Waals surface area contributed by atoms with Gasteiger partial charge in [0.25, 0.3) is 0 Å². The van der Waals surface area contributed by atoms with E-state index in [4.69, 9.17) is 5.11 Å². The van der Waals surface area contributed by atoms with Crippen molar-refractivity contribution in [1.82, 2.24) is 0 Å². The first-order chi connectivity index (χ1) is 4.66. The van der Waals surface area contributed by atoms with E-state index >= 15 is 0 Å². The van der Waals surface area contributed by atoms with E-state index in [9.17, 15) is 4.79 Å². The van der Waals surface area contributed by atoms with Crippen LogP contribution in [0.4, 0.5) is 0 Å². The smallest absolute Gasteiger partial charge is 0.303 e. The number of hydrogen-bond donors (Lipinski definition) is 1. The summed E-state index contributed by atoms with van der Waals surface area (Å²) in [5.41, 5.74) is 0. The minimum Gasteiger partial charge on any atom is -0.481 e. The minimum absolute atomic E-state index is 0.274. The van der Waals surface area contributed by atoms with Gasteiger partial charge >= 0.3 is 5.97 Å². The monoisotopic (exact) mass is 208 g/mol. The zero-order valence-electron chi connectivity index (χ0n) is 6.14. The van der Waals surface area contributed by atoms with Crippen LogP contribution in [-0.4, -0.2) is 15.9 Å². The van der Waals surface area contributed by atoms with Crippen LogP contribution in [0, 0.1) is 0 Å². The highest BCUT2D eigenvalue weighted by Gasteiger charge is 2.04. The second kappa shape index (κ2) is 5.71. The van der Waals surface area contributed by atoms with Gasteiger partial charge in [-0.3, -0.25) is 4.79 Å². The quantitative estimate of drug-likeness (QED) is 0.706. The zero-order valence-corrected chi connectivity index (χ0v) is 7.73. The molecular weight excluding hydrogens is 196 g/mol. The fourth-order valence-corrected chi connectivity index (χ4v) is 1.42. The number of alkyl halides is 1. The number of rotatable bonds is 5. The van der Waals surface area contributed by atoms with Crippen molar-refractivity contribution >= 4 is 21.9 Å². The summed E-state index contributed by atoms with van der Waals surface area (Å²) < 4.78 is 0. The molecule has 0 aliphatic heterocycles. The molecule has 1 atom stereocenters. The molecule has 0 aromatic carbocycles. The molecule has 0 heterocycles. The van der Waals surface area contributed by atoms with Crippen LogP contribution >= 0.6 is 15.9 Å². The lowest BCUT2D eigenvalue weighted by Gasteiger charge is -2.04. The normalized spacial score (nSPS) is 13.0. The molecule has 0 aliphatic carbocycles. The van der Waals surface area contributed by atoms with Gasteiger partial charge < -0.3 is 5.11 Å². The summed E-state index contributed by atoms with van der Waals surface area (Å²) in [6.07, 6.45) is 3.18. The summed E-state index contributed by atoms with van der Waals surface area (Å²) in [6, 6.07) is 0. The molecule has 3 heteroatoms. The maximum absolute atomic E-state index is 10.1. The van der Waals surface area contributed by atoms with Crippen LogP contribution in [-0.2, 0) is 4.79 Å². The van der Waals surface area contributed by atoms with E-state index in [1.807, 2.05) is 0 Å². The Bertz CT molecular complexity index is 104. The number of carboxylic acid groups (broad SMARTS) is 1. The van der Waals surface area contributed by atoms with E-state index < -0.39 is 5.97 Å². The average molecular weight is 209 g/mol. The third kappa shape index (κ3) is 6.08. The predicted molar refractivity (Wildman–Crippen MR) is 44.5 cm³/mol. The predicted octanol–water partition coefficient (Wildman–Crippen LogP) is 2.41. The Morgan fingerprint density at radius 1 is 1.60 bits per heavy atom. The van der Waals surface area contributed by atoms with Gasteiger partial charge in [-0.25, -0.2) is 0 Å². The van der Waals surface area contributed by atoms with Gasteiger partial charge in [-0.2, -0.15) is 0 Å². The van der Waals surface area contributed by atoms with E-state index in [1.54, 1.807) is 0 Å². The topological polar surface area (TPSA) is 37.3 Å². The SMILES string of the molecule is CCCC(Br)CCC(=O)O. The number of carbonyl (C=O) groups is 1.